The van der Waals surface area contributed by atoms with Crippen molar-refractivity contribution in [1.29, 1.82) is 0 Å². The van der Waals surface area contributed by atoms with Crippen LogP contribution in [-0.2, 0) is 23.1 Å². The summed E-state index contributed by atoms with van der Waals surface area (Å²) in [5.41, 5.74) is 1.77. The van der Waals surface area contributed by atoms with Crippen molar-refractivity contribution in [2.75, 3.05) is 32.7 Å². The highest BCUT2D eigenvalue weighted by atomic mass is 32.2. The topological polar surface area (TPSA) is 150 Å². The number of nitrogens with one attached hydrogen (secondary N) is 2. The predicted molar refractivity (Wildman–Crippen MR) is 137 cm³/mol. The number of likely N-dealkylation sites (N-methyl/N-ethyl adjacent to an activating group) is 1. The zero-order valence-electron chi connectivity index (χ0n) is 20.6. The number of nitrogens with zero attached hydrogens (tertiary/aromatic N) is 6. The van der Waals surface area contributed by atoms with Crippen LogP contribution in [0, 0.1) is 0 Å². The number of ether oxygens (including phenoxy) is 1. The Morgan fingerprint density at radius 3 is 2.59 bits per heavy atom. The maximum atomic E-state index is 13.5. The molecule has 0 atom stereocenters. The number of fused-ring (bicyclic) bond motifs is 1. The molecule has 0 bridgehead atoms. The lowest BCUT2D eigenvalue weighted by Gasteiger charge is -2.33. The van der Waals surface area contributed by atoms with Crippen LogP contribution in [0.5, 0.6) is 5.88 Å². The second kappa shape index (κ2) is 10.4. The minimum absolute atomic E-state index is 0.00305. The summed E-state index contributed by atoms with van der Waals surface area (Å²) >= 11 is 0. The van der Waals surface area contributed by atoms with Crippen LogP contribution in [0.2, 0.25) is 0 Å². The zero-order chi connectivity index (χ0) is 26.0. The van der Waals surface area contributed by atoms with Crippen molar-refractivity contribution in [2.24, 2.45) is 0 Å². The first kappa shape index (κ1) is 25.0. The standard InChI is InChI=1S/C24H28N8O4S/c1-3-19-20-21(30-29-19)23(33)28-22(27-20)18-13-17(37(34,35)32-11-9-31(4-2)10-12-32)14-26-24(18)36-15-16-7-5-6-8-25-16/h5-8,13-14H,3-4,9-12,15H2,1-2H3,(H,29,30)(H,27,28,33). The number of aromatic amines is 2. The molecule has 4 aromatic rings. The molecule has 1 aliphatic heterocycles. The van der Waals surface area contributed by atoms with E-state index in [1.54, 1.807) is 18.3 Å². The maximum absolute atomic E-state index is 13.5. The van der Waals surface area contributed by atoms with Crippen LogP contribution < -0.4 is 10.3 Å². The summed E-state index contributed by atoms with van der Waals surface area (Å²) in [6.45, 7) is 7.04. The number of aryl methyl sites for hydroxylation is 1. The fraction of sp³-hybridized carbons (Fsp3) is 0.375. The Kier molecular flexibility index (Phi) is 7.00. The first-order chi connectivity index (χ1) is 17.9. The Bertz CT molecular complexity index is 1560. The summed E-state index contributed by atoms with van der Waals surface area (Å²) in [7, 11) is -3.82. The van der Waals surface area contributed by atoms with E-state index < -0.39 is 15.6 Å². The number of rotatable bonds is 8. The molecule has 37 heavy (non-hydrogen) atoms. The van der Waals surface area contributed by atoms with Crippen LogP contribution >= 0.6 is 0 Å². The van der Waals surface area contributed by atoms with Gasteiger partial charge in [0.05, 0.1) is 23.1 Å². The molecule has 5 rings (SSSR count). The van der Waals surface area contributed by atoms with Gasteiger partial charge in [-0.1, -0.05) is 19.9 Å². The van der Waals surface area contributed by atoms with Gasteiger partial charge in [0, 0.05) is 32.4 Å². The SMILES string of the molecule is CCc1[nH]nc2c(=O)[nH]c(-c3cc(S(=O)(=O)N4CCN(CC)CC4)cnc3OCc3ccccn3)nc12. The van der Waals surface area contributed by atoms with Crippen molar-refractivity contribution in [3.8, 4) is 17.3 Å². The van der Waals surface area contributed by atoms with Gasteiger partial charge in [-0.05, 0) is 31.2 Å². The molecule has 0 unspecified atom stereocenters. The number of H-pyrrole nitrogens is 2. The minimum atomic E-state index is -3.82. The first-order valence-corrected chi connectivity index (χ1v) is 13.6. The van der Waals surface area contributed by atoms with Gasteiger partial charge in [0.15, 0.2) is 5.52 Å². The molecule has 5 heterocycles. The van der Waals surface area contributed by atoms with E-state index in [2.05, 4.69) is 42.0 Å². The number of aromatic nitrogens is 6. The monoisotopic (exact) mass is 524 g/mol. The van der Waals surface area contributed by atoms with Gasteiger partial charge in [0.1, 0.15) is 22.8 Å². The van der Waals surface area contributed by atoms with Crippen LogP contribution in [0.15, 0.2) is 46.3 Å². The third-order valence-electron chi connectivity index (χ3n) is 6.42. The number of piperazine rings is 1. The Morgan fingerprint density at radius 2 is 1.89 bits per heavy atom. The smallest absolute Gasteiger partial charge is 0.279 e. The third kappa shape index (κ3) is 4.97. The molecular weight excluding hydrogens is 496 g/mol. The Balaban J connectivity index is 1.57. The van der Waals surface area contributed by atoms with Crippen LogP contribution in [0.3, 0.4) is 0 Å². The molecule has 0 radical (unpaired) electrons. The predicted octanol–water partition coefficient (Wildman–Crippen LogP) is 1.57. The van der Waals surface area contributed by atoms with E-state index in [-0.39, 0.29) is 34.3 Å². The number of pyridine rings is 2. The van der Waals surface area contributed by atoms with Crippen LogP contribution in [0.1, 0.15) is 25.2 Å². The van der Waals surface area contributed by atoms with Crippen molar-refractivity contribution >= 4 is 21.1 Å². The summed E-state index contributed by atoms with van der Waals surface area (Å²) < 4.78 is 34.4. The lowest BCUT2D eigenvalue weighted by Crippen LogP contribution is -2.48. The second-order valence-corrected chi connectivity index (χ2v) is 10.6. The van der Waals surface area contributed by atoms with E-state index in [9.17, 15) is 13.2 Å². The molecule has 2 N–H and O–H groups in total. The van der Waals surface area contributed by atoms with Crippen molar-refractivity contribution in [3.05, 3.63) is 58.4 Å². The fourth-order valence-electron chi connectivity index (χ4n) is 4.25. The van der Waals surface area contributed by atoms with Crippen LogP contribution in [-0.4, -0.2) is 80.5 Å². The average molecular weight is 525 g/mol. The lowest BCUT2D eigenvalue weighted by molar-refractivity contribution is 0.196. The van der Waals surface area contributed by atoms with Crippen molar-refractivity contribution in [1.82, 2.24) is 39.3 Å². The first-order valence-electron chi connectivity index (χ1n) is 12.1. The highest BCUT2D eigenvalue weighted by Crippen LogP contribution is 2.30. The van der Waals surface area contributed by atoms with Gasteiger partial charge in [-0.3, -0.25) is 14.9 Å². The lowest BCUT2D eigenvalue weighted by atomic mass is 10.2. The maximum Gasteiger partial charge on any atom is 0.279 e. The summed E-state index contributed by atoms with van der Waals surface area (Å²) in [6, 6.07) is 6.90. The minimum Gasteiger partial charge on any atom is -0.471 e. The van der Waals surface area contributed by atoms with Gasteiger partial charge in [0.2, 0.25) is 15.9 Å². The van der Waals surface area contributed by atoms with Gasteiger partial charge < -0.3 is 14.6 Å². The summed E-state index contributed by atoms with van der Waals surface area (Å²) in [5, 5.41) is 6.90. The van der Waals surface area contributed by atoms with Crippen molar-refractivity contribution < 1.29 is 13.2 Å². The van der Waals surface area contributed by atoms with E-state index in [1.807, 2.05) is 13.0 Å². The highest BCUT2D eigenvalue weighted by Gasteiger charge is 2.30. The Labute approximate surface area is 213 Å². The van der Waals surface area contributed by atoms with E-state index in [1.165, 1.54) is 16.6 Å². The summed E-state index contributed by atoms with van der Waals surface area (Å²) in [4.78, 5) is 30.9. The molecule has 4 aromatic heterocycles. The Hall–Kier alpha value is -3.68. The number of hydrogen-bond donors (Lipinski definition) is 2. The normalized spacial score (nSPS) is 15.3. The largest absolute Gasteiger partial charge is 0.471 e. The molecule has 1 saturated heterocycles. The van der Waals surface area contributed by atoms with E-state index in [0.717, 1.165) is 6.54 Å². The van der Waals surface area contributed by atoms with Gasteiger partial charge >= 0.3 is 0 Å². The molecule has 12 nitrogen and oxygen atoms in total. The van der Waals surface area contributed by atoms with Crippen molar-refractivity contribution in [3.63, 3.8) is 0 Å². The molecule has 0 aromatic carbocycles. The molecule has 0 spiro atoms. The molecule has 0 aliphatic carbocycles. The summed E-state index contributed by atoms with van der Waals surface area (Å²) in [6.07, 6.45) is 3.52. The molecule has 0 saturated carbocycles. The van der Waals surface area contributed by atoms with Crippen LogP contribution in [0.25, 0.3) is 22.4 Å². The van der Waals surface area contributed by atoms with Gasteiger partial charge in [-0.15, -0.1) is 0 Å². The van der Waals surface area contributed by atoms with E-state index in [4.69, 9.17) is 4.74 Å². The third-order valence-corrected chi connectivity index (χ3v) is 8.28. The van der Waals surface area contributed by atoms with Crippen molar-refractivity contribution in [2.45, 2.75) is 31.8 Å². The number of sulfonamides is 1. The quantitative estimate of drug-likeness (QED) is 0.350. The van der Waals surface area contributed by atoms with Gasteiger partial charge in [-0.25, -0.2) is 18.4 Å². The summed E-state index contributed by atoms with van der Waals surface area (Å²) in [5.74, 6) is 0.273. The van der Waals surface area contributed by atoms with E-state index in [0.29, 0.717) is 49.5 Å². The molecule has 1 aliphatic rings. The average Bonchev–Trinajstić information content (AvgIpc) is 3.36. The number of hydrogen-bond acceptors (Lipinski definition) is 9. The molecule has 1 fully saturated rings. The molecule has 194 valence electrons. The molecular formula is C24H28N8O4S. The zero-order valence-corrected chi connectivity index (χ0v) is 21.5. The van der Waals surface area contributed by atoms with Gasteiger partial charge in [-0.2, -0.15) is 9.40 Å². The molecule has 13 heteroatoms. The van der Waals surface area contributed by atoms with Gasteiger partial charge in [0.25, 0.3) is 5.56 Å². The highest BCUT2D eigenvalue weighted by molar-refractivity contribution is 7.89. The fourth-order valence-corrected chi connectivity index (χ4v) is 5.65. The van der Waals surface area contributed by atoms with E-state index >= 15 is 0 Å². The molecule has 0 amide bonds. The van der Waals surface area contributed by atoms with Crippen LogP contribution in [0.4, 0.5) is 0 Å². The second-order valence-electron chi connectivity index (χ2n) is 8.64. The Morgan fingerprint density at radius 1 is 1.08 bits per heavy atom.